The smallest absolute Gasteiger partial charge is 0.229 e. The van der Waals surface area contributed by atoms with Crippen molar-refractivity contribution in [3.05, 3.63) is 52.7 Å². The summed E-state index contributed by atoms with van der Waals surface area (Å²) in [5.74, 6) is 1.36. The van der Waals surface area contributed by atoms with E-state index in [1.807, 2.05) is 38.1 Å². The fourth-order valence-corrected chi connectivity index (χ4v) is 2.07. The number of anilines is 3. The predicted octanol–water partition coefficient (Wildman–Crippen LogP) is 4.20. The highest BCUT2D eigenvalue weighted by Gasteiger charge is 2.03. The van der Waals surface area contributed by atoms with Crippen LogP contribution in [0.15, 0.2) is 41.4 Å². The molecule has 4 nitrogen and oxygen atoms in total. The molecule has 0 radical (unpaired) electrons. The Kier molecular flexibility index (Phi) is 4.74. The number of aryl methyl sites for hydroxylation is 2. The Bertz CT molecular complexity index is 625. The van der Waals surface area contributed by atoms with Gasteiger partial charge in [-0.05, 0) is 31.5 Å². The molecule has 0 aliphatic carbocycles. The quantitative estimate of drug-likeness (QED) is 0.805. The number of hydrogen-bond donors (Lipinski definition) is 2. The Morgan fingerprint density at radius 2 is 2.05 bits per heavy atom. The van der Waals surface area contributed by atoms with E-state index in [9.17, 15) is 0 Å². The summed E-state index contributed by atoms with van der Waals surface area (Å²) in [7, 11) is 0. The fraction of sp³-hybridized carbons (Fsp3) is 0.200. The summed E-state index contributed by atoms with van der Waals surface area (Å²) < 4.78 is 1.06. The van der Waals surface area contributed by atoms with Gasteiger partial charge in [-0.1, -0.05) is 28.1 Å². The minimum absolute atomic E-state index is 0.576. The van der Waals surface area contributed by atoms with E-state index in [-0.39, 0.29) is 0 Å². The zero-order valence-electron chi connectivity index (χ0n) is 11.6. The van der Waals surface area contributed by atoms with Gasteiger partial charge in [0.25, 0.3) is 0 Å². The largest absolute Gasteiger partial charge is 0.366 e. The first-order valence-electron chi connectivity index (χ1n) is 6.32. The highest BCUT2D eigenvalue weighted by molar-refractivity contribution is 9.10. The average Bonchev–Trinajstić information content (AvgIpc) is 2.40. The van der Waals surface area contributed by atoms with Gasteiger partial charge in [0.15, 0.2) is 0 Å². The van der Waals surface area contributed by atoms with Gasteiger partial charge in [-0.25, -0.2) is 4.98 Å². The normalized spacial score (nSPS) is 10.2. The molecule has 0 amide bonds. The zero-order chi connectivity index (χ0) is 14.5. The molecule has 0 saturated carbocycles. The number of halogens is 1. The lowest BCUT2D eigenvalue weighted by atomic mass is 10.2. The Hall–Kier alpha value is -1.88. The van der Waals surface area contributed by atoms with Crippen molar-refractivity contribution in [2.75, 3.05) is 17.2 Å². The lowest BCUT2D eigenvalue weighted by Crippen LogP contribution is -2.05. The second kappa shape index (κ2) is 6.52. The Balaban J connectivity index is 2.21. The van der Waals surface area contributed by atoms with E-state index in [0.29, 0.717) is 12.5 Å². The molecule has 1 heterocycles. The van der Waals surface area contributed by atoms with Gasteiger partial charge in [0.2, 0.25) is 5.95 Å². The SMILES string of the molecule is C=CCNc1cc(C)nc(Nc2ccc(C)c(Br)c2)n1. The highest BCUT2D eigenvalue weighted by Crippen LogP contribution is 2.23. The monoisotopic (exact) mass is 332 g/mol. The summed E-state index contributed by atoms with van der Waals surface area (Å²) in [5, 5.41) is 6.37. The minimum Gasteiger partial charge on any atom is -0.366 e. The van der Waals surface area contributed by atoms with Gasteiger partial charge in [0.05, 0.1) is 0 Å². The van der Waals surface area contributed by atoms with E-state index in [2.05, 4.69) is 43.1 Å². The summed E-state index contributed by atoms with van der Waals surface area (Å²) in [6, 6.07) is 7.96. The molecule has 1 aromatic carbocycles. The summed E-state index contributed by atoms with van der Waals surface area (Å²) in [6.45, 7) is 8.34. The summed E-state index contributed by atoms with van der Waals surface area (Å²) in [4.78, 5) is 8.81. The van der Waals surface area contributed by atoms with E-state index in [1.54, 1.807) is 6.08 Å². The Morgan fingerprint density at radius 1 is 1.25 bits per heavy atom. The first-order valence-corrected chi connectivity index (χ1v) is 7.11. The Labute approximate surface area is 127 Å². The highest BCUT2D eigenvalue weighted by atomic mass is 79.9. The van der Waals surface area contributed by atoms with E-state index >= 15 is 0 Å². The molecule has 5 heteroatoms. The van der Waals surface area contributed by atoms with Crippen molar-refractivity contribution in [3.63, 3.8) is 0 Å². The number of rotatable bonds is 5. The molecule has 0 spiro atoms. The lowest BCUT2D eigenvalue weighted by Gasteiger charge is -2.10. The van der Waals surface area contributed by atoms with Gasteiger partial charge < -0.3 is 10.6 Å². The molecule has 2 N–H and O–H groups in total. The molecule has 104 valence electrons. The second-order valence-corrected chi connectivity index (χ2v) is 5.33. The Morgan fingerprint density at radius 3 is 2.75 bits per heavy atom. The van der Waals surface area contributed by atoms with Crippen LogP contribution in [0, 0.1) is 13.8 Å². The molecule has 0 aliphatic rings. The van der Waals surface area contributed by atoms with Crippen LogP contribution in [0.2, 0.25) is 0 Å². The van der Waals surface area contributed by atoms with Crippen LogP contribution in [-0.4, -0.2) is 16.5 Å². The standard InChI is InChI=1S/C15H17BrN4/c1-4-7-17-14-8-11(3)18-15(20-14)19-12-6-5-10(2)13(16)9-12/h4-6,8-9H,1,7H2,2-3H3,(H2,17,18,19,20). The zero-order valence-corrected chi connectivity index (χ0v) is 13.2. The molecular formula is C15H17BrN4. The van der Waals surface area contributed by atoms with Gasteiger partial charge >= 0.3 is 0 Å². The summed E-state index contributed by atoms with van der Waals surface area (Å²) in [6.07, 6.45) is 1.79. The van der Waals surface area contributed by atoms with Crippen molar-refractivity contribution in [1.82, 2.24) is 9.97 Å². The summed E-state index contributed by atoms with van der Waals surface area (Å²) >= 11 is 3.52. The molecule has 0 fully saturated rings. The third-order valence-electron chi connectivity index (χ3n) is 2.71. The van der Waals surface area contributed by atoms with Crippen LogP contribution in [-0.2, 0) is 0 Å². The number of nitrogens with one attached hydrogen (secondary N) is 2. The van der Waals surface area contributed by atoms with Crippen LogP contribution in [0.25, 0.3) is 0 Å². The van der Waals surface area contributed by atoms with Gasteiger partial charge in [0, 0.05) is 28.5 Å². The van der Waals surface area contributed by atoms with Crippen LogP contribution >= 0.6 is 15.9 Å². The molecule has 2 rings (SSSR count). The van der Waals surface area contributed by atoms with E-state index in [0.717, 1.165) is 21.7 Å². The van der Waals surface area contributed by atoms with Gasteiger partial charge in [-0.2, -0.15) is 4.98 Å². The van der Waals surface area contributed by atoms with Crippen LogP contribution in [0.1, 0.15) is 11.3 Å². The van der Waals surface area contributed by atoms with Gasteiger partial charge in [-0.3, -0.25) is 0 Å². The van der Waals surface area contributed by atoms with Crippen molar-refractivity contribution >= 4 is 33.4 Å². The first-order chi connectivity index (χ1) is 9.58. The fourth-order valence-electron chi connectivity index (χ4n) is 1.69. The molecule has 0 saturated heterocycles. The van der Waals surface area contributed by atoms with E-state index < -0.39 is 0 Å². The van der Waals surface area contributed by atoms with Crippen molar-refractivity contribution in [3.8, 4) is 0 Å². The predicted molar refractivity (Wildman–Crippen MR) is 87.6 cm³/mol. The average molecular weight is 333 g/mol. The molecule has 20 heavy (non-hydrogen) atoms. The molecule has 0 unspecified atom stereocenters. The third-order valence-corrected chi connectivity index (χ3v) is 3.56. The van der Waals surface area contributed by atoms with Crippen molar-refractivity contribution in [2.45, 2.75) is 13.8 Å². The van der Waals surface area contributed by atoms with Gasteiger partial charge in [-0.15, -0.1) is 6.58 Å². The molecule has 0 aliphatic heterocycles. The van der Waals surface area contributed by atoms with Crippen LogP contribution in [0.4, 0.5) is 17.5 Å². The number of hydrogen-bond acceptors (Lipinski definition) is 4. The molecule has 1 aromatic heterocycles. The first kappa shape index (κ1) is 14.5. The molecule has 2 aromatic rings. The lowest BCUT2D eigenvalue weighted by molar-refractivity contribution is 1.09. The maximum absolute atomic E-state index is 4.42. The molecule has 0 atom stereocenters. The van der Waals surface area contributed by atoms with Crippen LogP contribution < -0.4 is 10.6 Å². The maximum atomic E-state index is 4.42. The number of aromatic nitrogens is 2. The van der Waals surface area contributed by atoms with E-state index in [4.69, 9.17) is 0 Å². The van der Waals surface area contributed by atoms with Crippen molar-refractivity contribution in [2.24, 2.45) is 0 Å². The number of benzene rings is 1. The van der Waals surface area contributed by atoms with E-state index in [1.165, 1.54) is 5.56 Å². The van der Waals surface area contributed by atoms with Gasteiger partial charge in [0.1, 0.15) is 5.82 Å². The van der Waals surface area contributed by atoms with Crippen molar-refractivity contribution in [1.29, 1.82) is 0 Å². The third kappa shape index (κ3) is 3.81. The van der Waals surface area contributed by atoms with Crippen LogP contribution in [0.5, 0.6) is 0 Å². The topological polar surface area (TPSA) is 49.8 Å². The van der Waals surface area contributed by atoms with Crippen molar-refractivity contribution < 1.29 is 0 Å². The number of nitrogens with zero attached hydrogens (tertiary/aromatic N) is 2. The van der Waals surface area contributed by atoms with Crippen LogP contribution in [0.3, 0.4) is 0 Å². The molecule has 0 bridgehead atoms. The second-order valence-electron chi connectivity index (χ2n) is 4.48. The summed E-state index contributed by atoms with van der Waals surface area (Å²) in [5.41, 5.74) is 3.04. The molecular weight excluding hydrogens is 316 g/mol. The minimum atomic E-state index is 0.576. The maximum Gasteiger partial charge on any atom is 0.229 e.